The van der Waals surface area contributed by atoms with E-state index in [1.165, 1.54) is 10.7 Å². The number of hydrogen-bond donors (Lipinski definition) is 0. The van der Waals surface area contributed by atoms with Gasteiger partial charge in [-0.15, -0.1) is 0 Å². The molecule has 0 saturated carbocycles. The number of aromatic nitrogens is 3. The van der Waals surface area contributed by atoms with Gasteiger partial charge in [-0.1, -0.05) is 11.6 Å². The third-order valence-corrected chi connectivity index (χ3v) is 2.28. The number of nitriles is 1. The molecule has 0 aromatic carbocycles. The van der Waals surface area contributed by atoms with Gasteiger partial charge in [0.2, 0.25) is 0 Å². The predicted molar refractivity (Wildman–Crippen MR) is 50.4 cm³/mol. The van der Waals surface area contributed by atoms with Gasteiger partial charge in [0.25, 0.3) is 0 Å². The quantitative estimate of drug-likeness (QED) is 0.725. The lowest BCUT2D eigenvalue weighted by molar-refractivity contribution is 0.917. The van der Waals surface area contributed by atoms with Gasteiger partial charge in [0.15, 0.2) is 16.5 Å². The van der Waals surface area contributed by atoms with Gasteiger partial charge in [-0.05, 0) is 22.0 Å². The number of rotatable bonds is 0. The molecule has 0 amide bonds. The van der Waals surface area contributed by atoms with Crippen LogP contribution in [-0.2, 0) is 0 Å². The summed E-state index contributed by atoms with van der Waals surface area (Å²) in [7, 11) is 0. The van der Waals surface area contributed by atoms with Gasteiger partial charge in [0.05, 0.1) is 10.7 Å². The Bertz CT molecular complexity index is 513. The van der Waals surface area contributed by atoms with Crippen molar-refractivity contribution in [3.63, 3.8) is 0 Å². The third-order valence-electron chi connectivity index (χ3n) is 1.51. The van der Waals surface area contributed by atoms with Gasteiger partial charge >= 0.3 is 0 Å². The summed E-state index contributed by atoms with van der Waals surface area (Å²) < 4.78 is 2.11. The number of fused-ring (bicyclic) bond motifs is 1. The van der Waals surface area contributed by atoms with Gasteiger partial charge in [-0.25, -0.2) is 9.50 Å². The summed E-state index contributed by atoms with van der Waals surface area (Å²) in [6.45, 7) is 0. The van der Waals surface area contributed by atoms with Crippen molar-refractivity contribution in [3.8, 4) is 6.07 Å². The maximum absolute atomic E-state index is 8.70. The van der Waals surface area contributed by atoms with E-state index in [9.17, 15) is 0 Å². The maximum atomic E-state index is 8.70. The molecule has 0 fully saturated rings. The highest BCUT2D eigenvalue weighted by Gasteiger charge is 2.07. The second-order valence-corrected chi connectivity index (χ2v) is 3.55. The largest absolute Gasteiger partial charge is 0.233 e. The fraction of sp³-hybridized carbons (Fsp3) is 0. The summed E-state index contributed by atoms with van der Waals surface area (Å²) in [5.74, 6) is 0. The Labute approximate surface area is 86.9 Å². The van der Waals surface area contributed by atoms with E-state index >= 15 is 0 Å². The van der Waals surface area contributed by atoms with Crippen LogP contribution in [0.1, 0.15) is 5.69 Å². The van der Waals surface area contributed by atoms with E-state index in [1.807, 2.05) is 6.07 Å². The van der Waals surface area contributed by atoms with Gasteiger partial charge in [0, 0.05) is 0 Å². The van der Waals surface area contributed by atoms with Gasteiger partial charge < -0.3 is 0 Å². The zero-order valence-electron chi connectivity index (χ0n) is 6.20. The predicted octanol–water partition coefficient (Wildman–Crippen LogP) is 2.02. The molecule has 2 aromatic rings. The normalized spacial score (nSPS) is 10.2. The highest BCUT2D eigenvalue weighted by atomic mass is 79.9. The van der Waals surface area contributed by atoms with Crippen LogP contribution >= 0.6 is 27.5 Å². The van der Waals surface area contributed by atoms with Crippen LogP contribution in [0.25, 0.3) is 5.65 Å². The van der Waals surface area contributed by atoms with Crippen LogP contribution in [0.3, 0.4) is 0 Å². The zero-order chi connectivity index (χ0) is 9.42. The lowest BCUT2D eigenvalue weighted by Crippen LogP contribution is -1.95. The maximum Gasteiger partial charge on any atom is 0.169 e. The summed E-state index contributed by atoms with van der Waals surface area (Å²) in [6.07, 6.45) is 1.45. The molecule has 2 rings (SSSR count). The van der Waals surface area contributed by atoms with Gasteiger partial charge in [-0.3, -0.25) is 0 Å². The van der Waals surface area contributed by atoms with E-state index in [2.05, 4.69) is 26.0 Å². The van der Waals surface area contributed by atoms with E-state index in [1.54, 1.807) is 6.07 Å². The topological polar surface area (TPSA) is 54.0 Å². The van der Waals surface area contributed by atoms with Crippen molar-refractivity contribution in [2.75, 3.05) is 0 Å². The average Bonchev–Trinajstić information content (AvgIpc) is 2.47. The average molecular weight is 257 g/mol. The fourth-order valence-electron chi connectivity index (χ4n) is 0.980. The van der Waals surface area contributed by atoms with Crippen molar-refractivity contribution >= 4 is 33.2 Å². The Hall–Kier alpha value is -1.12. The monoisotopic (exact) mass is 256 g/mol. The fourth-order valence-corrected chi connectivity index (χ4v) is 1.78. The molecular weight excluding hydrogens is 255 g/mol. The van der Waals surface area contributed by atoms with Crippen LogP contribution in [0, 0.1) is 11.3 Å². The van der Waals surface area contributed by atoms with E-state index in [4.69, 9.17) is 16.9 Å². The SMILES string of the molecule is N#Cc1cnc2c(Br)cc(Cl)nn12. The minimum absolute atomic E-state index is 0.314. The number of hydrogen-bond acceptors (Lipinski definition) is 3. The van der Waals surface area contributed by atoms with E-state index in [0.29, 0.717) is 21.0 Å². The van der Waals surface area contributed by atoms with Crippen LogP contribution in [0.4, 0.5) is 0 Å². The molecule has 13 heavy (non-hydrogen) atoms. The third kappa shape index (κ3) is 1.28. The van der Waals surface area contributed by atoms with E-state index in [0.717, 1.165) is 0 Å². The Kier molecular flexibility index (Phi) is 1.94. The number of nitrogens with zero attached hydrogens (tertiary/aromatic N) is 4. The highest BCUT2D eigenvalue weighted by molar-refractivity contribution is 9.10. The molecule has 0 aliphatic rings. The minimum atomic E-state index is 0.314. The summed E-state index contributed by atoms with van der Waals surface area (Å²) in [6, 6.07) is 3.59. The molecule has 0 aliphatic heterocycles. The first-order valence-electron chi connectivity index (χ1n) is 3.32. The summed E-state index contributed by atoms with van der Waals surface area (Å²) in [4.78, 5) is 4.00. The second-order valence-electron chi connectivity index (χ2n) is 2.31. The van der Waals surface area contributed by atoms with Crippen molar-refractivity contribution < 1.29 is 0 Å². The molecule has 0 atom stereocenters. The molecule has 0 bridgehead atoms. The molecule has 0 radical (unpaired) electrons. The van der Waals surface area contributed by atoms with Crippen molar-refractivity contribution in [2.24, 2.45) is 0 Å². The van der Waals surface area contributed by atoms with Crippen LogP contribution in [-0.4, -0.2) is 14.6 Å². The summed E-state index contributed by atoms with van der Waals surface area (Å²) in [5, 5.41) is 12.9. The standard InChI is InChI=1S/C7H2BrClN4/c8-5-1-6(9)12-13-4(2-10)3-11-7(5)13/h1,3H. The molecule has 0 aliphatic carbocycles. The van der Waals surface area contributed by atoms with Crippen molar-refractivity contribution in [1.29, 1.82) is 5.26 Å². The van der Waals surface area contributed by atoms with Crippen LogP contribution in [0.15, 0.2) is 16.7 Å². The molecule has 4 nitrogen and oxygen atoms in total. The van der Waals surface area contributed by atoms with Crippen molar-refractivity contribution in [2.45, 2.75) is 0 Å². The van der Waals surface area contributed by atoms with Crippen molar-refractivity contribution in [3.05, 3.63) is 27.6 Å². The number of imidazole rings is 1. The molecule has 6 heteroatoms. The molecule has 0 saturated heterocycles. The Balaban J connectivity index is 2.92. The molecule has 2 aromatic heterocycles. The van der Waals surface area contributed by atoms with Crippen LogP contribution in [0.5, 0.6) is 0 Å². The molecule has 2 heterocycles. The van der Waals surface area contributed by atoms with E-state index in [-0.39, 0.29) is 0 Å². The Morgan fingerprint density at radius 1 is 1.62 bits per heavy atom. The molecule has 0 unspecified atom stereocenters. The lowest BCUT2D eigenvalue weighted by Gasteiger charge is -1.96. The Morgan fingerprint density at radius 3 is 3.08 bits per heavy atom. The Morgan fingerprint density at radius 2 is 2.38 bits per heavy atom. The molecule has 0 N–H and O–H groups in total. The highest BCUT2D eigenvalue weighted by Crippen LogP contribution is 2.20. The van der Waals surface area contributed by atoms with Gasteiger partial charge in [-0.2, -0.15) is 10.4 Å². The van der Waals surface area contributed by atoms with Gasteiger partial charge in [0.1, 0.15) is 6.07 Å². The summed E-state index contributed by atoms with van der Waals surface area (Å²) >= 11 is 8.98. The first-order valence-corrected chi connectivity index (χ1v) is 4.49. The second kappa shape index (κ2) is 2.98. The van der Waals surface area contributed by atoms with Crippen LogP contribution in [0.2, 0.25) is 5.15 Å². The van der Waals surface area contributed by atoms with Crippen LogP contribution < -0.4 is 0 Å². The number of halogens is 2. The zero-order valence-corrected chi connectivity index (χ0v) is 8.54. The van der Waals surface area contributed by atoms with Crippen molar-refractivity contribution in [1.82, 2.24) is 14.6 Å². The lowest BCUT2D eigenvalue weighted by atomic mass is 10.5. The minimum Gasteiger partial charge on any atom is -0.233 e. The molecular formula is C7H2BrClN4. The smallest absolute Gasteiger partial charge is 0.169 e. The molecule has 64 valence electrons. The van der Waals surface area contributed by atoms with E-state index < -0.39 is 0 Å². The first-order chi connectivity index (χ1) is 6.22. The summed E-state index contributed by atoms with van der Waals surface area (Å²) in [5.41, 5.74) is 0.944. The molecule has 0 spiro atoms. The first kappa shape index (κ1) is 8.48.